The van der Waals surface area contributed by atoms with E-state index in [1.54, 1.807) is 28.1 Å². The second kappa shape index (κ2) is 21.3. The lowest BCUT2D eigenvalue weighted by Crippen LogP contribution is -2.47. The monoisotopic (exact) mass is 751 g/mol. The molecule has 3 N–H and O–H groups in total. The fourth-order valence-electron chi connectivity index (χ4n) is 6.25. The predicted molar refractivity (Wildman–Crippen MR) is 194 cm³/mol. The van der Waals surface area contributed by atoms with E-state index in [4.69, 9.17) is 43.6 Å². The van der Waals surface area contributed by atoms with E-state index in [0.717, 1.165) is 12.0 Å². The number of hydrogen-bond acceptors (Lipinski definition) is 12. The normalized spacial score (nSPS) is 19.2. The highest BCUT2D eigenvalue weighted by molar-refractivity contribution is 5.83. The summed E-state index contributed by atoms with van der Waals surface area (Å²) in [6.07, 6.45) is 1.04. The van der Waals surface area contributed by atoms with Gasteiger partial charge >= 0.3 is 12.1 Å². The molecule has 0 radical (unpaired) electrons. The average Bonchev–Trinajstić information content (AvgIpc) is 3.53. The molecule has 1 aromatic carbocycles. The zero-order valence-electron chi connectivity index (χ0n) is 32.7. The Morgan fingerprint density at radius 2 is 1.70 bits per heavy atom. The number of nitrogens with one attached hydrogen (secondary N) is 1. The molecule has 2 aliphatic heterocycles. The van der Waals surface area contributed by atoms with Gasteiger partial charge in [0.25, 0.3) is 0 Å². The van der Waals surface area contributed by atoms with E-state index >= 15 is 0 Å². The number of amides is 3. The summed E-state index contributed by atoms with van der Waals surface area (Å²) in [7, 11) is 3.25. The summed E-state index contributed by atoms with van der Waals surface area (Å²) < 4.78 is 44.0. The number of benzene rings is 1. The third-order valence-corrected chi connectivity index (χ3v) is 9.98. The van der Waals surface area contributed by atoms with Crippen LogP contribution in [0.1, 0.15) is 66.4 Å². The molecule has 300 valence electrons. The SMILES string of the molecule is COCCCOc1cc(C[C@@H](C[C@H]2[C@H](C[C@H](C(=O)NCC(C)(C)C(N)=O)C(C)C)OCN2C(=O)OCOC(=O)C2COCOC2)C(C)C)ccc1OC. The number of carbonyl (C=O) groups excluding carboxylic acids is 4. The van der Waals surface area contributed by atoms with E-state index in [1.165, 1.54) is 4.90 Å². The van der Waals surface area contributed by atoms with Crippen molar-refractivity contribution in [2.24, 2.45) is 40.7 Å². The Hall–Kier alpha value is -3.66. The molecule has 0 saturated carbocycles. The second-order valence-corrected chi connectivity index (χ2v) is 15.1. The Kier molecular flexibility index (Phi) is 17.6. The third kappa shape index (κ3) is 13.3. The first-order valence-electron chi connectivity index (χ1n) is 18.4. The summed E-state index contributed by atoms with van der Waals surface area (Å²) in [5.74, 6) is -0.957. The number of primary amides is 1. The van der Waals surface area contributed by atoms with Crippen LogP contribution in [0.25, 0.3) is 0 Å². The lowest BCUT2D eigenvalue weighted by atomic mass is 9.80. The number of methoxy groups -OCH3 is 2. The van der Waals surface area contributed by atoms with E-state index in [2.05, 4.69) is 19.2 Å². The van der Waals surface area contributed by atoms with Gasteiger partial charge < -0.3 is 48.9 Å². The number of nitrogens with zero attached hydrogens (tertiary/aromatic N) is 1. The van der Waals surface area contributed by atoms with Gasteiger partial charge in [0.15, 0.2) is 11.5 Å². The molecule has 15 heteroatoms. The summed E-state index contributed by atoms with van der Waals surface area (Å²) >= 11 is 0. The molecule has 3 rings (SSSR count). The molecular formula is C38H61N3O12. The van der Waals surface area contributed by atoms with Crippen molar-refractivity contribution in [3.8, 4) is 11.5 Å². The Balaban J connectivity index is 1.82. The molecule has 2 heterocycles. The maximum Gasteiger partial charge on any atom is 0.414 e. The summed E-state index contributed by atoms with van der Waals surface area (Å²) in [6.45, 7) is 12.4. The van der Waals surface area contributed by atoms with Crippen LogP contribution in [0.15, 0.2) is 18.2 Å². The van der Waals surface area contributed by atoms with Gasteiger partial charge in [0.2, 0.25) is 18.6 Å². The fourth-order valence-corrected chi connectivity index (χ4v) is 6.25. The molecule has 0 aliphatic carbocycles. The van der Waals surface area contributed by atoms with Crippen LogP contribution in [0.5, 0.6) is 11.5 Å². The van der Waals surface area contributed by atoms with E-state index in [9.17, 15) is 19.2 Å². The zero-order valence-corrected chi connectivity index (χ0v) is 32.7. The number of rotatable bonds is 21. The molecule has 3 amide bonds. The van der Waals surface area contributed by atoms with E-state index < -0.39 is 54.2 Å². The largest absolute Gasteiger partial charge is 0.493 e. The molecule has 0 bridgehead atoms. The van der Waals surface area contributed by atoms with E-state index in [0.29, 0.717) is 44.0 Å². The van der Waals surface area contributed by atoms with Gasteiger partial charge in [-0.2, -0.15) is 0 Å². The maximum atomic E-state index is 13.6. The second-order valence-electron chi connectivity index (χ2n) is 15.1. The highest BCUT2D eigenvalue weighted by Crippen LogP contribution is 2.36. The molecule has 4 atom stereocenters. The van der Waals surface area contributed by atoms with E-state index in [-0.39, 0.29) is 56.9 Å². The first-order valence-corrected chi connectivity index (χ1v) is 18.4. The van der Waals surface area contributed by atoms with Crippen LogP contribution in [-0.2, 0) is 49.2 Å². The Morgan fingerprint density at radius 3 is 2.32 bits per heavy atom. The summed E-state index contributed by atoms with van der Waals surface area (Å²) in [5.41, 5.74) is 5.65. The summed E-state index contributed by atoms with van der Waals surface area (Å²) in [5, 5.41) is 2.91. The van der Waals surface area contributed by atoms with Gasteiger partial charge in [-0.05, 0) is 68.6 Å². The minimum absolute atomic E-state index is 0.0691. The van der Waals surface area contributed by atoms with Crippen LogP contribution in [0.3, 0.4) is 0 Å². The third-order valence-electron chi connectivity index (χ3n) is 9.98. The molecule has 15 nitrogen and oxygen atoms in total. The first kappa shape index (κ1) is 43.7. The molecule has 2 saturated heterocycles. The highest BCUT2D eigenvalue weighted by atomic mass is 16.7. The molecule has 53 heavy (non-hydrogen) atoms. The quantitative estimate of drug-likeness (QED) is 0.105. The minimum atomic E-state index is -0.925. The van der Waals surface area contributed by atoms with Crippen molar-refractivity contribution >= 4 is 23.9 Å². The van der Waals surface area contributed by atoms with Crippen molar-refractivity contribution in [1.82, 2.24) is 10.2 Å². The number of ether oxygens (including phenoxy) is 8. The number of carbonyl (C=O) groups is 4. The van der Waals surface area contributed by atoms with Crippen LogP contribution in [0.4, 0.5) is 4.79 Å². The van der Waals surface area contributed by atoms with Gasteiger partial charge in [-0.1, -0.05) is 33.8 Å². The number of nitrogens with two attached hydrogens (primary N) is 1. The average molecular weight is 752 g/mol. The lowest BCUT2D eigenvalue weighted by molar-refractivity contribution is -0.178. The summed E-state index contributed by atoms with van der Waals surface area (Å²) in [4.78, 5) is 53.0. The Bertz CT molecular complexity index is 1330. The van der Waals surface area contributed by atoms with Crippen LogP contribution < -0.4 is 20.5 Å². The topological polar surface area (TPSA) is 183 Å². The molecule has 2 fully saturated rings. The number of hydrogen-bond donors (Lipinski definition) is 2. The molecule has 0 spiro atoms. The molecule has 1 aromatic rings. The number of esters is 1. The van der Waals surface area contributed by atoms with Crippen LogP contribution >= 0.6 is 0 Å². The molecule has 2 aliphatic rings. The predicted octanol–water partition coefficient (Wildman–Crippen LogP) is 3.89. The summed E-state index contributed by atoms with van der Waals surface area (Å²) in [6, 6.07) is 5.42. The Labute approximate surface area is 313 Å². The molecule has 0 unspecified atom stereocenters. The fraction of sp³-hybridized carbons (Fsp3) is 0.737. The van der Waals surface area contributed by atoms with Crippen molar-refractivity contribution in [2.75, 3.05) is 67.5 Å². The van der Waals surface area contributed by atoms with Crippen LogP contribution in [0, 0.1) is 35.0 Å². The van der Waals surface area contributed by atoms with Gasteiger partial charge in [0.1, 0.15) is 19.4 Å². The van der Waals surface area contributed by atoms with Crippen LogP contribution in [0.2, 0.25) is 0 Å². The van der Waals surface area contributed by atoms with Crippen LogP contribution in [-0.4, -0.2) is 108 Å². The van der Waals surface area contributed by atoms with Gasteiger partial charge in [-0.15, -0.1) is 0 Å². The smallest absolute Gasteiger partial charge is 0.414 e. The zero-order chi connectivity index (χ0) is 39.1. The highest BCUT2D eigenvalue weighted by Gasteiger charge is 2.43. The van der Waals surface area contributed by atoms with Gasteiger partial charge in [0.05, 0.1) is 44.5 Å². The van der Waals surface area contributed by atoms with Gasteiger partial charge in [-0.25, -0.2) is 4.79 Å². The molecule has 0 aromatic heterocycles. The van der Waals surface area contributed by atoms with Crippen molar-refractivity contribution in [2.45, 2.75) is 79.4 Å². The minimum Gasteiger partial charge on any atom is -0.493 e. The van der Waals surface area contributed by atoms with Crippen molar-refractivity contribution < 1.29 is 57.1 Å². The van der Waals surface area contributed by atoms with Crippen molar-refractivity contribution in [1.29, 1.82) is 0 Å². The standard InChI is InChI=1S/C38H61N3O12/c1-24(2)27(14-26-10-11-31(47-8)33(15-26)50-13-9-12-46-7)16-30-32(17-29(25(3)4)34(42)40-20-38(5,6)36(39)44)51-21-41(30)37(45)53-23-52-35(43)28-18-48-22-49-19-28/h10-11,15,24-25,27-30,32H,9,12-14,16-23H2,1-8H3,(H2,39,44)(H,40,42)/t27-,29-,30-,32-/m0/s1. The Morgan fingerprint density at radius 1 is 0.981 bits per heavy atom. The lowest BCUT2D eigenvalue weighted by Gasteiger charge is -2.33. The van der Waals surface area contributed by atoms with Gasteiger partial charge in [-0.3, -0.25) is 19.3 Å². The molecular weight excluding hydrogens is 690 g/mol. The maximum absolute atomic E-state index is 13.6. The van der Waals surface area contributed by atoms with Crippen molar-refractivity contribution in [3.05, 3.63) is 23.8 Å². The van der Waals surface area contributed by atoms with Crippen molar-refractivity contribution in [3.63, 3.8) is 0 Å². The first-order chi connectivity index (χ1) is 25.2. The van der Waals surface area contributed by atoms with E-state index in [1.807, 2.05) is 32.0 Å². The van der Waals surface area contributed by atoms with Gasteiger partial charge in [0, 0.05) is 32.6 Å².